The van der Waals surface area contributed by atoms with E-state index in [4.69, 9.17) is 4.74 Å². The maximum Gasteiger partial charge on any atom is 0.316 e. The number of ether oxygens (including phenoxy) is 1. The molecule has 0 aliphatic carbocycles. The summed E-state index contributed by atoms with van der Waals surface area (Å²) in [6.45, 7) is 4.83. The van der Waals surface area contributed by atoms with Crippen molar-refractivity contribution in [2.45, 2.75) is 12.8 Å². The molecule has 9 nitrogen and oxygen atoms in total. The Morgan fingerprint density at radius 1 is 0.889 bits per heavy atom. The van der Waals surface area contributed by atoms with E-state index in [1.54, 1.807) is 24.8 Å². The number of hydrogen-bond acceptors (Lipinski definition) is 8. The summed E-state index contributed by atoms with van der Waals surface area (Å²) in [5, 5.41) is 0. The monoisotopic (exact) mass is 369 g/mol. The smallest absolute Gasteiger partial charge is 0.316 e. The van der Waals surface area contributed by atoms with Gasteiger partial charge in [0.25, 0.3) is 5.91 Å². The molecule has 2 aliphatic rings. The fourth-order valence-corrected chi connectivity index (χ4v) is 3.39. The van der Waals surface area contributed by atoms with Gasteiger partial charge in [-0.3, -0.25) is 4.79 Å². The third kappa shape index (κ3) is 4.24. The molecule has 0 saturated carbocycles. The van der Waals surface area contributed by atoms with Gasteiger partial charge in [-0.15, -0.1) is 0 Å². The lowest BCUT2D eigenvalue weighted by atomic mass is 10.3. The van der Waals surface area contributed by atoms with Gasteiger partial charge in [-0.2, -0.15) is 0 Å². The molecule has 0 atom stereocenters. The summed E-state index contributed by atoms with van der Waals surface area (Å²) in [5.74, 6) is 1.86. The van der Waals surface area contributed by atoms with Gasteiger partial charge in [-0.25, -0.2) is 19.9 Å². The van der Waals surface area contributed by atoms with Crippen LogP contribution in [0.5, 0.6) is 6.01 Å². The molecule has 1 amide bonds. The van der Waals surface area contributed by atoms with Gasteiger partial charge in [0.15, 0.2) is 6.61 Å². The molecule has 0 radical (unpaired) electrons. The van der Waals surface area contributed by atoms with E-state index >= 15 is 0 Å². The Hall–Kier alpha value is -2.97. The van der Waals surface area contributed by atoms with Gasteiger partial charge in [0, 0.05) is 57.7 Å². The van der Waals surface area contributed by atoms with Crippen LogP contribution in [0.25, 0.3) is 0 Å². The molecule has 2 saturated heterocycles. The summed E-state index contributed by atoms with van der Waals surface area (Å²) in [7, 11) is 0. The highest BCUT2D eigenvalue weighted by atomic mass is 16.5. The summed E-state index contributed by atoms with van der Waals surface area (Å²) in [4.78, 5) is 35.4. The Kier molecular flexibility index (Phi) is 5.27. The van der Waals surface area contributed by atoms with Crippen molar-refractivity contribution in [2.75, 3.05) is 55.7 Å². The van der Waals surface area contributed by atoms with Gasteiger partial charge >= 0.3 is 6.01 Å². The summed E-state index contributed by atoms with van der Waals surface area (Å²) >= 11 is 0. The lowest BCUT2D eigenvalue weighted by Gasteiger charge is -2.35. The van der Waals surface area contributed by atoms with Gasteiger partial charge in [0.2, 0.25) is 0 Å². The number of nitrogens with zero attached hydrogens (tertiary/aromatic N) is 7. The van der Waals surface area contributed by atoms with Crippen molar-refractivity contribution in [2.24, 2.45) is 0 Å². The van der Waals surface area contributed by atoms with Gasteiger partial charge in [-0.1, -0.05) is 0 Å². The van der Waals surface area contributed by atoms with Gasteiger partial charge in [-0.05, 0) is 18.9 Å². The molecule has 27 heavy (non-hydrogen) atoms. The first-order valence-corrected chi connectivity index (χ1v) is 9.29. The average molecular weight is 369 g/mol. The van der Waals surface area contributed by atoms with Crippen molar-refractivity contribution in [3.05, 3.63) is 30.9 Å². The molecule has 0 unspecified atom stereocenters. The molecule has 142 valence electrons. The topological polar surface area (TPSA) is 87.6 Å². The minimum absolute atomic E-state index is 0.0450. The highest BCUT2D eigenvalue weighted by Crippen LogP contribution is 2.22. The molecule has 0 N–H and O–H groups in total. The van der Waals surface area contributed by atoms with E-state index in [9.17, 15) is 4.79 Å². The van der Waals surface area contributed by atoms with Crippen LogP contribution in [0.1, 0.15) is 12.8 Å². The molecule has 4 heterocycles. The summed E-state index contributed by atoms with van der Waals surface area (Å²) in [6.07, 6.45) is 7.24. The lowest BCUT2D eigenvalue weighted by Crippen LogP contribution is -2.50. The Bertz CT molecular complexity index is 759. The Labute approximate surface area is 158 Å². The fourth-order valence-electron chi connectivity index (χ4n) is 3.39. The maximum absolute atomic E-state index is 12.3. The Morgan fingerprint density at radius 2 is 1.52 bits per heavy atom. The summed E-state index contributed by atoms with van der Waals surface area (Å²) in [5.41, 5.74) is 0. The number of anilines is 2. The third-order valence-electron chi connectivity index (χ3n) is 4.89. The third-order valence-corrected chi connectivity index (χ3v) is 4.89. The number of hydrogen-bond donors (Lipinski definition) is 0. The molecule has 0 bridgehead atoms. The van der Waals surface area contributed by atoms with Crippen LogP contribution in [0, 0.1) is 0 Å². The lowest BCUT2D eigenvalue weighted by molar-refractivity contribution is -0.133. The second-order valence-electron chi connectivity index (χ2n) is 6.62. The Balaban J connectivity index is 1.29. The maximum atomic E-state index is 12.3. The molecular formula is C18H23N7O2. The predicted octanol–water partition coefficient (Wildman–Crippen LogP) is 0.594. The number of carbonyl (C=O) groups is 1. The van der Waals surface area contributed by atoms with E-state index in [0.29, 0.717) is 13.1 Å². The molecule has 2 aromatic rings. The molecule has 2 fully saturated rings. The SMILES string of the molecule is O=C(COc1ncccn1)N1CCN(c2cc(N3CCCC3)ncn2)CC1. The van der Waals surface area contributed by atoms with E-state index in [2.05, 4.69) is 35.8 Å². The number of amides is 1. The van der Waals surface area contributed by atoms with Crippen LogP contribution in [-0.4, -0.2) is 76.6 Å². The van der Waals surface area contributed by atoms with Crippen molar-refractivity contribution in [3.8, 4) is 6.01 Å². The van der Waals surface area contributed by atoms with Crippen molar-refractivity contribution >= 4 is 17.5 Å². The second kappa shape index (κ2) is 8.15. The zero-order valence-corrected chi connectivity index (χ0v) is 15.2. The zero-order valence-electron chi connectivity index (χ0n) is 15.2. The van der Waals surface area contributed by atoms with E-state index in [0.717, 1.165) is 37.8 Å². The van der Waals surface area contributed by atoms with Crippen LogP contribution in [0.15, 0.2) is 30.9 Å². The van der Waals surface area contributed by atoms with E-state index in [-0.39, 0.29) is 18.5 Å². The fraction of sp³-hybridized carbons (Fsp3) is 0.500. The number of rotatable bonds is 5. The molecule has 2 aliphatic heterocycles. The first-order chi connectivity index (χ1) is 13.3. The van der Waals surface area contributed by atoms with E-state index in [1.807, 2.05) is 4.90 Å². The van der Waals surface area contributed by atoms with Crippen LogP contribution < -0.4 is 14.5 Å². The van der Waals surface area contributed by atoms with Crippen molar-refractivity contribution < 1.29 is 9.53 Å². The normalized spacial score (nSPS) is 17.3. The first kappa shape index (κ1) is 17.4. The molecule has 0 aromatic carbocycles. The molecular weight excluding hydrogens is 346 g/mol. The van der Waals surface area contributed by atoms with E-state index in [1.165, 1.54) is 12.8 Å². The van der Waals surface area contributed by atoms with Crippen LogP contribution in [0.4, 0.5) is 11.6 Å². The van der Waals surface area contributed by atoms with Crippen molar-refractivity contribution in [1.82, 2.24) is 24.8 Å². The van der Waals surface area contributed by atoms with Gasteiger partial charge in [0.05, 0.1) is 0 Å². The summed E-state index contributed by atoms with van der Waals surface area (Å²) in [6, 6.07) is 3.98. The predicted molar refractivity (Wildman–Crippen MR) is 99.8 cm³/mol. The van der Waals surface area contributed by atoms with Crippen LogP contribution in [-0.2, 0) is 4.79 Å². The largest absolute Gasteiger partial charge is 0.453 e. The Morgan fingerprint density at radius 3 is 2.19 bits per heavy atom. The average Bonchev–Trinajstić information content (AvgIpc) is 3.28. The van der Waals surface area contributed by atoms with Crippen LogP contribution >= 0.6 is 0 Å². The summed E-state index contributed by atoms with van der Waals surface area (Å²) < 4.78 is 5.35. The van der Waals surface area contributed by atoms with Gasteiger partial charge in [0.1, 0.15) is 18.0 Å². The van der Waals surface area contributed by atoms with Crippen molar-refractivity contribution in [3.63, 3.8) is 0 Å². The number of aromatic nitrogens is 4. The quantitative estimate of drug-likeness (QED) is 0.757. The van der Waals surface area contributed by atoms with Crippen molar-refractivity contribution in [1.29, 1.82) is 0 Å². The molecule has 9 heteroatoms. The highest BCUT2D eigenvalue weighted by Gasteiger charge is 2.23. The van der Waals surface area contributed by atoms with Crippen LogP contribution in [0.3, 0.4) is 0 Å². The number of carbonyl (C=O) groups excluding carboxylic acids is 1. The molecule has 4 rings (SSSR count). The standard InChI is InChI=1S/C18H23N7O2/c26-17(13-27-18-19-4-3-5-20-18)25-10-8-24(9-11-25)16-12-15(21-14-22-16)23-6-1-2-7-23/h3-5,12,14H,1-2,6-11,13H2. The molecule has 0 spiro atoms. The highest BCUT2D eigenvalue weighted by molar-refractivity contribution is 5.78. The first-order valence-electron chi connectivity index (χ1n) is 9.29. The molecule has 2 aromatic heterocycles. The van der Waals surface area contributed by atoms with E-state index < -0.39 is 0 Å². The van der Waals surface area contributed by atoms with Gasteiger partial charge < -0.3 is 19.4 Å². The minimum Gasteiger partial charge on any atom is -0.453 e. The minimum atomic E-state index is -0.0532. The number of piperazine rings is 1. The zero-order chi connectivity index (χ0) is 18.5. The van der Waals surface area contributed by atoms with Crippen LogP contribution in [0.2, 0.25) is 0 Å². The second-order valence-corrected chi connectivity index (χ2v) is 6.62.